The molecule has 1 aliphatic heterocycles. The zero-order chi connectivity index (χ0) is 12.3. The molecular formula is C11H13ClFN3O. The molecule has 0 radical (unpaired) electrons. The summed E-state index contributed by atoms with van der Waals surface area (Å²) in [6, 6.07) is 4.40. The molecular weight excluding hydrogens is 245 g/mol. The van der Waals surface area contributed by atoms with Gasteiger partial charge in [-0.15, -0.1) is 0 Å². The van der Waals surface area contributed by atoms with Crippen molar-refractivity contribution in [1.29, 1.82) is 0 Å². The fourth-order valence-electron chi connectivity index (χ4n) is 1.68. The van der Waals surface area contributed by atoms with E-state index in [4.69, 9.17) is 11.6 Å². The quantitative estimate of drug-likeness (QED) is 0.866. The summed E-state index contributed by atoms with van der Waals surface area (Å²) in [4.78, 5) is 12.9. The van der Waals surface area contributed by atoms with Gasteiger partial charge in [-0.1, -0.05) is 11.6 Å². The van der Waals surface area contributed by atoms with Gasteiger partial charge in [0.1, 0.15) is 5.82 Å². The zero-order valence-corrected chi connectivity index (χ0v) is 9.93. The maximum absolute atomic E-state index is 13.4. The predicted molar refractivity (Wildman–Crippen MR) is 64.9 cm³/mol. The average Bonchev–Trinajstić information content (AvgIpc) is 2.68. The van der Waals surface area contributed by atoms with Crippen LogP contribution in [0.3, 0.4) is 0 Å². The molecule has 0 atom stereocenters. The number of amides is 2. The normalized spacial score (nSPS) is 14.9. The monoisotopic (exact) mass is 257 g/mol. The lowest BCUT2D eigenvalue weighted by molar-refractivity contribution is 0.219. The van der Waals surface area contributed by atoms with E-state index in [-0.39, 0.29) is 11.8 Å². The number of hydrogen-bond acceptors (Lipinski definition) is 2. The number of urea groups is 1. The van der Waals surface area contributed by atoms with Gasteiger partial charge in [0.2, 0.25) is 0 Å². The number of carbonyl (C=O) groups is 1. The van der Waals surface area contributed by atoms with Crippen LogP contribution in [-0.4, -0.2) is 37.1 Å². The van der Waals surface area contributed by atoms with Crippen LogP contribution in [0.25, 0.3) is 0 Å². The van der Waals surface area contributed by atoms with E-state index in [1.165, 1.54) is 6.07 Å². The Bertz CT molecular complexity index is 427. The highest BCUT2D eigenvalue weighted by Crippen LogP contribution is 2.18. The van der Waals surface area contributed by atoms with Crippen LogP contribution in [0.15, 0.2) is 18.2 Å². The Balaban J connectivity index is 1.83. The lowest BCUT2D eigenvalue weighted by Gasteiger charge is -2.15. The summed E-state index contributed by atoms with van der Waals surface area (Å²) in [6.45, 7) is 2.43. The summed E-state index contributed by atoms with van der Waals surface area (Å²) >= 11 is 5.64. The van der Waals surface area contributed by atoms with Crippen molar-refractivity contribution in [2.75, 3.05) is 31.5 Å². The molecule has 0 saturated carbocycles. The minimum atomic E-state index is -0.386. The highest BCUT2D eigenvalue weighted by atomic mass is 35.5. The molecule has 2 rings (SSSR count). The SMILES string of the molecule is O=C1NCCN1CCNc1ccc(Cl)cc1F. The van der Waals surface area contributed by atoms with Crippen molar-refractivity contribution in [3.8, 4) is 0 Å². The number of halogens is 2. The number of rotatable bonds is 4. The predicted octanol–water partition coefficient (Wildman–Crippen LogP) is 1.92. The average molecular weight is 258 g/mol. The van der Waals surface area contributed by atoms with Crippen LogP contribution in [-0.2, 0) is 0 Å². The van der Waals surface area contributed by atoms with Crippen molar-refractivity contribution in [2.24, 2.45) is 0 Å². The van der Waals surface area contributed by atoms with Crippen molar-refractivity contribution in [3.05, 3.63) is 29.0 Å². The maximum atomic E-state index is 13.4. The van der Waals surface area contributed by atoms with E-state index in [1.807, 2.05) is 0 Å². The molecule has 1 saturated heterocycles. The summed E-state index contributed by atoms with van der Waals surface area (Å²) in [5, 5.41) is 6.00. The van der Waals surface area contributed by atoms with Crippen LogP contribution in [0, 0.1) is 5.82 Å². The van der Waals surface area contributed by atoms with Gasteiger partial charge in [0.05, 0.1) is 5.69 Å². The molecule has 4 nitrogen and oxygen atoms in total. The molecule has 1 aromatic rings. The van der Waals surface area contributed by atoms with E-state index in [0.29, 0.717) is 36.9 Å². The fraction of sp³-hybridized carbons (Fsp3) is 0.364. The number of benzene rings is 1. The van der Waals surface area contributed by atoms with Crippen LogP contribution < -0.4 is 10.6 Å². The number of hydrogen-bond donors (Lipinski definition) is 2. The number of carbonyl (C=O) groups excluding carboxylic acids is 1. The Labute approximate surface area is 104 Å². The lowest BCUT2D eigenvalue weighted by Crippen LogP contribution is -2.32. The van der Waals surface area contributed by atoms with Gasteiger partial charge >= 0.3 is 6.03 Å². The molecule has 17 heavy (non-hydrogen) atoms. The van der Waals surface area contributed by atoms with Crippen molar-refractivity contribution in [3.63, 3.8) is 0 Å². The number of anilines is 1. The van der Waals surface area contributed by atoms with Gasteiger partial charge in [-0.3, -0.25) is 0 Å². The van der Waals surface area contributed by atoms with Gasteiger partial charge in [0.15, 0.2) is 0 Å². The summed E-state index contributed by atoms with van der Waals surface area (Å²) in [5.41, 5.74) is 0.397. The highest BCUT2D eigenvalue weighted by molar-refractivity contribution is 6.30. The summed E-state index contributed by atoms with van der Waals surface area (Å²) in [7, 11) is 0. The molecule has 0 unspecified atom stereocenters. The zero-order valence-electron chi connectivity index (χ0n) is 9.17. The molecule has 0 spiro atoms. The standard InChI is InChI=1S/C11H13ClFN3O/c12-8-1-2-10(9(13)7-8)14-3-5-16-6-4-15-11(16)17/h1-2,7,14H,3-6H2,(H,15,17). The van der Waals surface area contributed by atoms with E-state index in [1.54, 1.807) is 17.0 Å². The summed E-state index contributed by atoms with van der Waals surface area (Å²) in [5.74, 6) is -0.386. The van der Waals surface area contributed by atoms with Crippen LogP contribution in [0.5, 0.6) is 0 Å². The van der Waals surface area contributed by atoms with Crippen LogP contribution in [0.1, 0.15) is 0 Å². The van der Waals surface area contributed by atoms with E-state index in [9.17, 15) is 9.18 Å². The topological polar surface area (TPSA) is 44.4 Å². The molecule has 1 aromatic carbocycles. The van der Waals surface area contributed by atoms with E-state index in [0.717, 1.165) is 0 Å². The molecule has 1 aliphatic rings. The molecule has 0 aromatic heterocycles. The Morgan fingerprint density at radius 2 is 2.35 bits per heavy atom. The Morgan fingerprint density at radius 3 is 3.00 bits per heavy atom. The van der Waals surface area contributed by atoms with Crippen molar-refractivity contribution >= 4 is 23.3 Å². The van der Waals surface area contributed by atoms with Gasteiger partial charge in [0, 0.05) is 31.2 Å². The van der Waals surface area contributed by atoms with Crippen molar-refractivity contribution in [2.45, 2.75) is 0 Å². The van der Waals surface area contributed by atoms with Gasteiger partial charge in [-0.05, 0) is 18.2 Å². The second kappa shape index (κ2) is 5.23. The molecule has 1 fully saturated rings. The first-order valence-corrected chi connectivity index (χ1v) is 5.76. The maximum Gasteiger partial charge on any atom is 0.317 e. The Morgan fingerprint density at radius 1 is 1.53 bits per heavy atom. The number of nitrogens with one attached hydrogen (secondary N) is 2. The smallest absolute Gasteiger partial charge is 0.317 e. The molecule has 0 aliphatic carbocycles. The first-order valence-electron chi connectivity index (χ1n) is 5.38. The minimum absolute atomic E-state index is 0.0663. The van der Waals surface area contributed by atoms with Crippen LogP contribution in [0.4, 0.5) is 14.9 Å². The molecule has 0 bridgehead atoms. The molecule has 2 amide bonds. The fourth-order valence-corrected chi connectivity index (χ4v) is 1.84. The first kappa shape index (κ1) is 12.0. The molecule has 92 valence electrons. The first-order chi connectivity index (χ1) is 8.16. The molecule has 1 heterocycles. The van der Waals surface area contributed by atoms with Gasteiger partial charge in [-0.25, -0.2) is 9.18 Å². The van der Waals surface area contributed by atoms with Crippen molar-refractivity contribution < 1.29 is 9.18 Å². The molecule has 2 N–H and O–H groups in total. The molecule has 6 heteroatoms. The largest absolute Gasteiger partial charge is 0.381 e. The van der Waals surface area contributed by atoms with Gasteiger partial charge in [0.25, 0.3) is 0 Å². The van der Waals surface area contributed by atoms with E-state index >= 15 is 0 Å². The Kier molecular flexibility index (Phi) is 3.68. The minimum Gasteiger partial charge on any atom is -0.381 e. The van der Waals surface area contributed by atoms with Crippen LogP contribution in [0.2, 0.25) is 5.02 Å². The third-order valence-electron chi connectivity index (χ3n) is 2.57. The lowest BCUT2D eigenvalue weighted by atomic mass is 10.3. The number of nitrogens with zero attached hydrogens (tertiary/aromatic N) is 1. The van der Waals surface area contributed by atoms with E-state index < -0.39 is 0 Å². The van der Waals surface area contributed by atoms with Gasteiger partial charge < -0.3 is 15.5 Å². The third-order valence-corrected chi connectivity index (χ3v) is 2.81. The van der Waals surface area contributed by atoms with Crippen LogP contribution >= 0.6 is 11.6 Å². The Hall–Kier alpha value is -1.49. The second-order valence-electron chi connectivity index (χ2n) is 3.77. The summed E-state index contributed by atoms with van der Waals surface area (Å²) < 4.78 is 13.4. The highest BCUT2D eigenvalue weighted by Gasteiger charge is 2.18. The van der Waals surface area contributed by atoms with Gasteiger partial charge in [-0.2, -0.15) is 0 Å². The third kappa shape index (κ3) is 3.00. The van der Waals surface area contributed by atoms with E-state index in [2.05, 4.69) is 10.6 Å². The van der Waals surface area contributed by atoms with Crippen molar-refractivity contribution in [1.82, 2.24) is 10.2 Å². The summed E-state index contributed by atoms with van der Waals surface area (Å²) in [6.07, 6.45) is 0. The second-order valence-corrected chi connectivity index (χ2v) is 4.21.